The second kappa shape index (κ2) is 2.99. The molecule has 0 aliphatic carbocycles. The maximum Gasteiger partial charge on any atom is 0.0846 e. The molecule has 9 heavy (non-hydrogen) atoms. The lowest BCUT2D eigenvalue weighted by atomic mass is 10.5. The Kier molecular flexibility index (Phi) is 2.50. The van der Waals surface area contributed by atoms with Crippen LogP contribution in [0.3, 0.4) is 0 Å². The van der Waals surface area contributed by atoms with Crippen LogP contribution in [-0.4, -0.2) is 0 Å². The maximum atomic E-state index is 3.65. The molecule has 0 nitrogen and oxygen atoms in total. The van der Waals surface area contributed by atoms with Crippen LogP contribution in [0.25, 0.3) is 6.08 Å². The van der Waals surface area contributed by atoms with Crippen molar-refractivity contribution < 1.29 is 0 Å². The van der Waals surface area contributed by atoms with Gasteiger partial charge >= 0.3 is 0 Å². The van der Waals surface area contributed by atoms with Gasteiger partial charge in [0.15, 0.2) is 0 Å². The summed E-state index contributed by atoms with van der Waals surface area (Å²) < 4.78 is 2.22. The third kappa shape index (κ3) is 1.66. The van der Waals surface area contributed by atoms with Gasteiger partial charge in [-0.15, -0.1) is 11.3 Å². The van der Waals surface area contributed by atoms with E-state index in [-0.39, 0.29) is 0 Å². The van der Waals surface area contributed by atoms with Crippen molar-refractivity contribution >= 4 is 49.3 Å². The highest BCUT2D eigenvalue weighted by Crippen LogP contribution is 2.32. The predicted molar refractivity (Wildman–Crippen MR) is 49.8 cm³/mol. The highest BCUT2D eigenvalue weighted by atomic mass is 79.9. The molecule has 0 radical (unpaired) electrons. The van der Waals surface area contributed by atoms with Crippen LogP contribution in [0, 0.1) is 0 Å². The lowest BCUT2D eigenvalue weighted by molar-refractivity contribution is 1.82. The molecule has 0 spiro atoms. The molecule has 1 heterocycles. The Morgan fingerprint density at radius 1 is 1.56 bits per heavy atom. The first kappa shape index (κ1) is 7.51. The minimum Gasteiger partial charge on any atom is -0.128 e. The molecule has 0 fully saturated rings. The molecule has 1 aromatic heterocycles. The van der Waals surface area contributed by atoms with Gasteiger partial charge in [0.1, 0.15) is 0 Å². The standard InChI is InChI=1S/C6H4Br2S/c1-2-4-3-5(7)6(8)9-4/h2-3H,1H2. The zero-order valence-corrected chi connectivity index (χ0v) is 8.51. The first-order chi connectivity index (χ1) is 4.24. The summed E-state index contributed by atoms with van der Waals surface area (Å²) in [5.74, 6) is 0. The summed E-state index contributed by atoms with van der Waals surface area (Å²) in [7, 11) is 0. The number of hydrogen-bond donors (Lipinski definition) is 0. The Morgan fingerprint density at radius 2 is 2.22 bits per heavy atom. The Hall–Kier alpha value is 0.400. The van der Waals surface area contributed by atoms with Crippen molar-refractivity contribution in [3.05, 3.63) is 25.8 Å². The molecule has 0 amide bonds. The number of rotatable bonds is 1. The topological polar surface area (TPSA) is 0 Å². The molecule has 1 aromatic rings. The number of halogens is 2. The fourth-order valence-electron chi connectivity index (χ4n) is 0.464. The summed E-state index contributed by atoms with van der Waals surface area (Å²) in [4.78, 5) is 1.17. The molecular formula is C6H4Br2S. The largest absolute Gasteiger partial charge is 0.128 e. The van der Waals surface area contributed by atoms with Crippen LogP contribution < -0.4 is 0 Å². The van der Waals surface area contributed by atoms with Gasteiger partial charge in [-0.25, -0.2) is 0 Å². The average Bonchev–Trinajstić information content (AvgIpc) is 2.13. The zero-order valence-electron chi connectivity index (χ0n) is 4.53. The van der Waals surface area contributed by atoms with Crippen molar-refractivity contribution in [2.45, 2.75) is 0 Å². The molecule has 3 heteroatoms. The molecule has 1 rings (SSSR count). The first-order valence-electron chi connectivity index (χ1n) is 2.31. The molecule has 0 aliphatic heterocycles. The molecule has 0 saturated heterocycles. The van der Waals surface area contributed by atoms with Gasteiger partial charge in [0.05, 0.1) is 3.79 Å². The van der Waals surface area contributed by atoms with Crippen molar-refractivity contribution in [2.75, 3.05) is 0 Å². The van der Waals surface area contributed by atoms with Crippen molar-refractivity contribution in [1.82, 2.24) is 0 Å². The maximum absolute atomic E-state index is 3.65. The summed E-state index contributed by atoms with van der Waals surface area (Å²) >= 11 is 8.42. The van der Waals surface area contributed by atoms with E-state index >= 15 is 0 Å². The van der Waals surface area contributed by atoms with E-state index in [2.05, 4.69) is 38.4 Å². The van der Waals surface area contributed by atoms with E-state index in [1.54, 1.807) is 11.3 Å². The third-order valence-electron chi connectivity index (χ3n) is 0.865. The van der Waals surface area contributed by atoms with Crippen molar-refractivity contribution in [2.24, 2.45) is 0 Å². The summed E-state index contributed by atoms with van der Waals surface area (Å²) in [5, 5.41) is 0. The monoisotopic (exact) mass is 266 g/mol. The van der Waals surface area contributed by atoms with Crippen LogP contribution in [0.2, 0.25) is 0 Å². The second-order valence-electron chi connectivity index (χ2n) is 1.47. The van der Waals surface area contributed by atoms with Crippen LogP contribution >= 0.6 is 43.2 Å². The van der Waals surface area contributed by atoms with Crippen LogP contribution in [0.4, 0.5) is 0 Å². The van der Waals surface area contributed by atoms with Gasteiger partial charge in [-0.2, -0.15) is 0 Å². The van der Waals surface area contributed by atoms with Crippen LogP contribution in [0.5, 0.6) is 0 Å². The lowest BCUT2D eigenvalue weighted by Crippen LogP contribution is -1.49. The van der Waals surface area contributed by atoms with Crippen molar-refractivity contribution in [3.63, 3.8) is 0 Å². The van der Waals surface area contributed by atoms with Gasteiger partial charge < -0.3 is 0 Å². The second-order valence-corrected chi connectivity index (χ2v) is 4.73. The van der Waals surface area contributed by atoms with Gasteiger partial charge in [-0.3, -0.25) is 0 Å². The van der Waals surface area contributed by atoms with E-state index in [1.807, 2.05) is 12.1 Å². The van der Waals surface area contributed by atoms with E-state index in [9.17, 15) is 0 Å². The Morgan fingerprint density at radius 3 is 2.44 bits per heavy atom. The quantitative estimate of drug-likeness (QED) is 0.724. The Bertz CT molecular complexity index is 207. The third-order valence-corrected chi connectivity index (χ3v) is 4.12. The normalized spacial score (nSPS) is 9.56. The predicted octanol–water partition coefficient (Wildman–Crippen LogP) is 3.92. The van der Waals surface area contributed by atoms with Crippen molar-refractivity contribution in [1.29, 1.82) is 0 Å². The molecule has 0 unspecified atom stereocenters. The number of thiophene rings is 1. The molecular weight excluding hydrogens is 264 g/mol. The van der Waals surface area contributed by atoms with E-state index in [0.29, 0.717) is 0 Å². The summed E-state index contributed by atoms with van der Waals surface area (Å²) in [6, 6.07) is 2.03. The Balaban J connectivity index is 3.11. The summed E-state index contributed by atoms with van der Waals surface area (Å²) in [6.07, 6.45) is 1.83. The molecule has 0 aromatic carbocycles. The SMILES string of the molecule is C=Cc1cc(Br)c(Br)s1. The van der Waals surface area contributed by atoms with E-state index in [0.717, 1.165) is 8.26 Å². The van der Waals surface area contributed by atoms with Crippen LogP contribution in [0.15, 0.2) is 20.9 Å². The minimum atomic E-state index is 1.10. The molecule has 0 bridgehead atoms. The highest BCUT2D eigenvalue weighted by Gasteiger charge is 1.98. The van der Waals surface area contributed by atoms with E-state index in [1.165, 1.54) is 4.88 Å². The first-order valence-corrected chi connectivity index (χ1v) is 4.71. The van der Waals surface area contributed by atoms with Crippen LogP contribution in [0.1, 0.15) is 4.88 Å². The fourth-order valence-corrected chi connectivity index (χ4v) is 2.40. The molecule has 0 aliphatic rings. The lowest BCUT2D eigenvalue weighted by Gasteiger charge is -1.74. The van der Waals surface area contributed by atoms with Crippen molar-refractivity contribution in [3.8, 4) is 0 Å². The fraction of sp³-hybridized carbons (Fsp3) is 0. The van der Waals surface area contributed by atoms with E-state index in [4.69, 9.17) is 0 Å². The zero-order chi connectivity index (χ0) is 6.85. The van der Waals surface area contributed by atoms with Crippen LogP contribution in [-0.2, 0) is 0 Å². The number of hydrogen-bond acceptors (Lipinski definition) is 1. The molecule has 48 valence electrons. The summed E-state index contributed by atoms with van der Waals surface area (Å²) in [6.45, 7) is 3.65. The average molecular weight is 268 g/mol. The van der Waals surface area contributed by atoms with Gasteiger partial charge in [0.25, 0.3) is 0 Å². The van der Waals surface area contributed by atoms with Gasteiger partial charge in [-0.1, -0.05) is 12.7 Å². The minimum absolute atomic E-state index is 1.10. The van der Waals surface area contributed by atoms with Gasteiger partial charge in [0.2, 0.25) is 0 Å². The molecule has 0 atom stereocenters. The van der Waals surface area contributed by atoms with Gasteiger partial charge in [-0.05, 0) is 37.9 Å². The highest BCUT2D eigenvalue weighted by molar-refractivity contribution is 9.13. The molecule has 0 saturated carbocycles. The summed E-state index contributed by atoms with van der Waals surface area (Å²) in [5.41, 5.74) is 0. The Labute approximate surface area is 74.8 Å². The van der Waals surface area contributed by atoms with Gasteiger partial charge in [0, 0.05) is 9.35 Å². The smallest absolute Gasteiger partial charge is 0.0846 e. The molecule has 0 N–H and O–H groups in total. The van der Waals surface area contributed by atoms with E-state index < -0.39 is 0 Å².